The molecule has 1 aliphatic rings. The number of hydrogen-bond acceptors (Lipinski definition) is 5. The van der Waals surface area contributed by atoms with Crippen LogP contribution >= 0.6 is 0 Å². The number of aromatic nitrogens is 4. The van der Waals surface area contributed by atoms with E-state index < -0.39 is 0 Å². The Morgan fingerprint density at radius 1 is 1.15 bits per heavy atom. The van der Waals surface area contributed by atoms with Crippen molar-refractivity contribution in [3.05, 3.63) is 59.8 Å². The summed E-state index contributed by atoms with van der Waals surface area (Å²) in [5, 5.41) is 9.11. The third-order valence-electron chi connectivity index (χ3n) is 4.60. The van der Waals surface area contributed by atoms with Gasteiger partial charge in [0.25, 0.3) is 0 Å². The molecular formula is C21H17N5O. The lowest BCUT2D eigenvalue weighted by Gasteiger charge is -2.18. The second kappa shape index (κ2) is 7.31. The molecule has 0 saturated carbocycles. The third-order valence-corrected chi connectivity index (χ3v) is 4.60. The molecule has 3 aromatic rings. The minimum Gasteiger partial charge on any atom is -0.467 e. The van der Waals surface area contributed by atoms with Gasteiger partial charge in [0.15, 0.2) is 0 Å². The van der Waals surface area contributed by atoms with Crippen molar-refractivity contribution in [2.45, 2.75) is 19.3 Å². The van der Waals surface area contributed by atoms with Gasteiger partial charge < -0.3 is 4.74 Å². The number of pyridine rings is 1. The summed E-state index contributed by atoms with van der Waals surface area (Å²) < 4.78 is 7.03. The number of fused-ring (bicyclic) bond motifs is 1. The van der Waals surface area contributed by atoms with Crippen molar-refractivity contribution in [1.29, 1.82) is 5.26 Å². The Bertz CT molecular complexity index is 1110. The van der Waals surface area contributed by atoms with Crippen LogP contribution in [0.5, 0.6) is 6.01 Å². The maximum atomic E-state index is 9.11. The molecule has 0 radical (unpaired) electrons. The molecule has 0 aromatic carbocycles. The van der Waals surface area contributed by atoms with Crippen LogP contribution in [0.3, 0.4) is 0 Å². The van der Waals surface area contributed by atoms with E-state index >= 15 is 0 Å². The second-order valence-corrected chi connectivity index (χ2v) is 6.29. The van der Waals surface area contributed by atoms with Gasteiger partial charge >= 0.3 is 6.01 Å². The second-order valence-electron chi connectivity index (χ2n) is 6.29. The molecular weight excluding hydrogens is 338 g/mol. The van der Waals surface area contributed by atoms with E-state index in [1.807, 2.05) is 12.1 Å². The number of hydrogen-bond donors (Lipinski definition) is 0. The smallest absolute Gasteiger partial charge is 0.316 e. The van der Waals surface area contributed by atoms with Crippen molar-refractivity contribution in [3.63, 3.8) is 0 Å². The Labute approximate surface area is 157 Å². The average Bonchev–Trinajstić information content (AvgIpc) is 3.16. The maximum absolute atomic E-state index is 9.11. The van der Waals surface area contributed by atoms with Crippen LogP contribution in [0.1, 0.15) is 36.2 Å². The van der Waals surface area contributed by atoms with Gasteiger partial charge in [0.1, 0.15) is 11.3 Å². The summed E-state index contributed by atoms with van der Waals surface area (Å²) in [4.78, 5) is 12.6. The van der Waals surface area contributed by atoms with Gasteiger partial charge in [0, 0.05) is 12.4 Å². The first-order valence-corrected chi connectivity index (χ1v) is 8.72. The molecule has 0 N–H and O–H groups in total. The van der Waals surface area contributed by atoms with Crippen molar-refractivity contribution in [3.8, 4) is 23.9 Å². The summed E-state index contributed by atoms with van der Waals surface area (Å²) in [6.45, 7) is 0. The van der Waals surface area contributed by atoms with Gasteiger partial charge in [-0.15, -0.1) is 0 Å². The maximum Gasteiger partial charge on any atom is 0.316 e. The lowest BCUT2D eigenvalue weighted by Crippen LogP contribution is -2.06. The van der Waals surface area contributed by atoms with E-state index in [9.17, 15) is 0 Å². The number of nitriles is 1. The largest absolute Gasteiger partial charge is 0.467 e. The van der Waals surface area contributed by atoms with Crippen molar-refractivity contribution in [2.24, 2.45) is 5.92 Å². The normalized spacial score (nSPS) is 16.1. The molecule has 6 heteroatoms. The fourth-order valence-electron chi connectivity index (χ4n) is 3.18. The van der Waals surface area contributed by atoms with Crippen LogP contribution < -0.4 is 4.74 Å². The van der Waals surface area contributed by atoms with Gasteiger partial charge in [-0.25, -0.2) is 15.0 Å². The molecule has 3 aromatic heterocycles. The summed E-state index contributed by atoms with van der Waals surface area (Å²) in [5.74, 6) is 6.37. The van der Waals surface area contributed by atoms with Gasteiger partial charge in [-0.2, -0.15) is 5.26 Å². The molecule has 132 valence electrons. The molecule has 0 fully saturated rings. The predicted molar refractivity (Wildman–Crippen MR) is 101 cm³/mol. The number of methoxy groups -OCH3 is 1. The summed E-state index contributed by atoms with van der Waals surface area (Å²) in [6.07, 6.45) is 9.77. The molecule has 1 aliphatic carbocycles. The molecule has 0 saturated heterocycles. The number of nitrogens with zero attached hydrogens (tertiary/aromatic N) is 5. The molecule has 6 nitrogen and oxygen atoms in total. The standard InChI is InChI=1S/C21H17N5O/c1-27-21-24-12-16(13-25-21)7-10-18-14-23-20-4-2-3-19(26(18)20)17-8-5-15(11-22)6-9-17/h2-4,8,12-15H,5-6,9H2,1H3. The zero-order chi connectivity index (χ0) is 18.6. The van der Waals surface area contributed by atoms with Crippen molar-refractivity contribution >= 4 is 11.2 Å². The third kappa shape index (κ3) is 3.38. The summed E-state index contributed by atoms with van der Waals surface area (Å²) in [7, 11) is 1.53. The van der Waals surface area contributed by atoms with Crippen molar-refractivity contribution < 1.29 is 4.74 Å². The Balaban J connectivity index is 1.72. The Hall–Kier alpha value is -3.64. The average molecular weight is 355 g/mol. The SMILES string of the molecule is COc1ncc(C#Cc2cnc3cccc(C4=CCC(C#N)CC4)n23)cn1. The van der Waals surface area contributed by atoms with E-state index in [1.165, 1.54) is 12.7 Å². The predicted octanol–water partition coefficient (Wildman–Crippen LogP) is 3.24. The Morgan fingerprint density at radius 2 is 2.00 bits per heavy atom. The first-order chi connectivity index (χ1) is 13.3. The highest BCUT2D eigenvalue weighted by Gasteiger charge is 2.17. The molecule has 0 bridgehead atoms. The molecule has 0 spiro atoms. The lowest BCUT2D eigenvalue weighted by atomic mass is 9.89. The number of ether oxygens (including phenoxy) is 1. The quantitative estimate of drug-likeness (QED) is 0.660. The van der Waals surface area contributed by atoms with Crippen molar-refractivity contribution in [1.82, 2.24) is 19.4 Å². The summed E-state index contributed by atoms with van der Waals surface area (Å²) >= 11 is 0. The van der Waals surface area contributed by atoms with Gasteiger partial charge in [-0.1, -0.05) is 18.1 Å². The number of imidazole rings is 1. The summed E-state index contributed by atoms with van der Waals surface area (Å²) in [6, 6.07) is 8.72. The number of allylic oxidation sites excluding steroid dienone is 2. The molecule has 4 rings (SSSR count). The highest BCUT2D eigenvalue weighted by molar-refractivity contribution is 5.67. The van der Waals surface area contributed by atoms with Crippen LogP contribution in [0.2, 0.25) is 0 Å². The zero-order valence-corrected chi connectivity index (χ0v) is 14.9. The van der Waals surface area contributed by atoms with Crippen LogP contribution in [0.25, 0.3) is 11.2 Å². The van der Waals surface area contributed by atoms with E-state index in [0.717, 1.165) is 36.3 Å². The van der Waals surface area contributed by atoms with Crippen LogP contribution in [0.15, 0.2) is 42.9 Å². The molecule has 27 heavy (non-hydrogen) atoms. The zero-order valence-electron chi connectivity index (χ0n) is 14.9. The van der Waals surface area contributed by atoms with E-state index in [1.54, 1.807) is 18.6 Å². The fraction of sp³-hybridized carbons (Fsp3) is 0.238. The monoisotopic (exact) mass is 355 g/mol. The molecule has 0 amide bonds. The molecule has 1 unspecified atom stereocenters. The van der Waals surface area contributed by atoms with Gasteiger partial charge in [0.05, 0.1) is 36.6 Å². The van der Waals surface area contributed by atoms with Gasteiger partial charge in [-0.05, 0) is 42.9 Å². The van der Waals surface area contributed by atoms with Gasteiger partial charge in [-0.3, -0.25) is 4.40 Å². The summed E-state index contributed by atoms with van der Waals surface area (Å²) in [5.41, 5.74) is 4.68. The molecule has 3 heterocycles. The fourth-order valence-corrected chi connectivity index (χ4v) is 3.18. The lowest BCUT2D eigenvalue weighted by molar-refractivity contribution is 0.379. The van der Waals surface area contributed by atoms with Crippen LogP contribution in [-0.2, 0) is 0 Å². The minimum atomic E-state index is 0.116. The van der Waals surface area contributed by atoms with Crippen LogP contribution in [0, 0.1) is 29.1 Å². The van der Waals surface area contributed by atoms with E-state index in [4.69, 9.17) is 10.00 Å². The molecule has 1 atom stereocenters. The molecule has 0 aliphatic heterocycles. The van der Waals surface area contributed by atoms with E-state index in [2.05, 4.69) is 49.4 Å². The Kier molecular flexibility index (Phi) is 4.55. The van der Waals surface area contributed by atoms with Crippen LogP contribution in [-0.4, -0.2) is 26.5 Å². The number of rotatable bonds is 2. The van der Waals surface area contributed by atoms with Crippen molar-refractivity contribution in [2.75, 3.05) is 7.11 Å². The highest BCUT2D eigenvalue weighted by Crippen LogP contribution is 2.30. The topological polar surface area (TPSA) is 76.1 Å². The first-order valence-electron chi connectivity index (χ1n) is 8.72. The first kappa shape index (κ1) is 16.8. The van der Waals surface area contributed by atoms with Crippen LogP contribution in [0.4, 0.5) is 0 Å². The Morgan fingerprint density at radius 3 is 2.70 bits per heavy atom. The van der Waals surface area contributed by atoms with Gasteiger partial charge in [0.2, 0.25) is 0 Å². The van der Waals surface area contributed by atoms with E-state index in [0.29, 0.717) is 11.6 Å². The highest BCUT2D eigenvalue weighted by atomic mass is 16.5. The minimum absolute atomic E-state index is 0.116. The van der Waals surface area contributed by atoms with E-state index in [-0.39, 0.29) is 5.92 Å².